The molecule has 1 amide bonds. The van der Waals surface area contributed by atoms with Crippen molar-refractivity contribution in [2.24, 2.45) is 0 Å². The maximum Gasteiger partial charge on any atom is 0.255 e. The number of fused-ring (bicyclic) bond motifs is 1. The number of carbonyl (C=O) groups is 1. The summed E-state index contributed by atoms with van der Waals surface area (Å²) >= 11 is 0. The molecule has 164 valence electrons. The highest BCUT2D eigenvalue weighted by Gasteiger charge is 2.09. The highest BCUT2D eigenvalue weighted by Crippen LogP contribution is 2.22. The number of benzene rings is 2. The van der Waals surface area contributed by atoms with Gasteiger partial charge in [-0.3, -0.25) is 9.78 Å². The first-order valence-electron chi connectivity index (χ1n) is 10.8. The molecule has 2 aromatic heterocycles. The molecular weight excluding hydrogens is 402 g/mol. The van der Waals surface area contributed by atoms with Crippen molar-refractivity contribution in [3.8, 4) is 17.1 Å². The number of anilines is 1. The Hall–Kier alpha value is -3.71. The van der Waals surface area contributed by atoms with E-state index in [9.17, 15) is 4.79 Å². The number of hydrogen-bond donors (Lipinski definition) is 2. The van der Waals surface area contributed by atoms with Crippen LogP contribution in [-0.4, -0.2) is 52.0 Å². The predicted molar refractivity (Wildman–Crippen MR) is 127 cm³/mol. The summed E-state index contributed by atoms with van der Waals surface area (Å²) in [5.41, 5.74) is 3.99. The highest BCUT2D eigenvalue weighted by molar-refractivity contribution is 6.04. The number of likely N-dealkylation sites (N-methyl/N-ethyl adjacent to an activating group) is 1. The zero-order valence-corrected chi connectivity index (χ0v) is 18.3. The van der Waals surface area contributed by atoms with E-state index < -0.39 is 0 Å². The molecular formula is C25H27N5O2. The number of rotatable bonds is 9. The van der Waals surface area contributed by atoms with Gasteiger partial charge in [-0.15, -0.1) is 0 Å². The Morgan fingerprint density at radius 3 is 2.47 bits per heavy atom. The van der Waals surface area contributed by atoms with Crippen LogP contribution in [0.2, 0.25) is 0 Å². The quantitative estimate of drug-likeness (QED) is 0.406. The first kappa shape index (κ1) is 21.5. The van der Waals surface area contributed by atoms with Gasteiger partial charge in [0.25, 0.3) is 5.91 Å². The Morgan fingerprint density at radius 2 is 1.78 bits per heavy atom. The maximum atomic E-state index is 12.6. The van der Waals surface area contributed by atoms with Crippen molar-refractivity contribution in [3.63, 3.8) is 0 Å². The smallest absolute Gasteiger partial charge is 0.255 e. The number of aromatic amines is 1. The molecule has 4 aromatic rings. The molecule has 0 saturated carbocycles. The fourth-order valence-corrected chi connectivity index (χ4v) is 3.44. The molecule has 32 heavy (non-hydrogen) atoms. The van der Waals surface area contributed by atoms with E-state index in [4.69, 9.17) is 4.74 Å². The fraction of sp³-hybridized carbons (Fsp3) is 0.240. The Kier molecular flexibility index (Phi) is 6.77. The molecule has 0 unspecified atom stereocenters. The molecule has 0 saturated heterocycles. The van der Waals surface area contributed by atoms with Crippen LogP contribution in [0.15, 0.2) is 67.0 Å². The van der Waals surface area contributed by atoms with Crippen LogP contribution in [0, 0.1) is 0 Å². The van der Waals surface area contributed by atoms with Crippen molar-refractivity contribution >= 4 is 22.6 Å². The summed E-state index contributed by atoms with van der Waals surface area (Å²) in [4.78, 5) is 26.8. The number of nitrogens with zero attached hydrogens (tertiary/aromatic N) is 3. The van der Waals surface area contributed by atoms with Crippen LogP contribution in [0.4, 0.5) is 5.69 Å². The Labute approximate surface area is 187 Å². The van der Waals surface area contributed by atoms with E-state index in [1.54, 1.807) is 24.5 Å². The van der Waals surface area contributed by atoms with Gasteiger partial charge in [0.1, 0.15) is 18.2 Å². The SMILES string of the molecule is CCN(CC)CCOc1ccc(C(=O)Nc2ccc(-c3nc4ccncc4[nH]3)cc2)cc1. The average molecular weight is 430 g/mol. The van der Waals surface area contributed by atoms with Crippen molar-refractivity contribution in [3.05, 3.63) is 72.6 Å². The van der Waals surface area contributed by atoms with E-state index in [1.165, 1.54) is 0 Å². The number of ether oxygens (including phenoxy) is 1. The van der Waals surface area contributed by atoms with Gasteiger partial charge in [-0.05, 0) is 67.7 Å². The van der Waals surface area contributed by atoms with Gasteiger partial charge in [-0.1, -0.05) is 13.8 Å². The lowest BCUT2D eigenvalue weighted by molar-refractivity contribution is 0.102. The lowest BCUT2D eigenvalue weighted by atomic mass is 10.1. The summed E-state index contributed by atoms with van der Waals surface area (Å²) in [5, 5.41) is 2.93. The number of amides is 1. The van der Waals surface area contributed by atoms with Gasteiger partial charge >= 0.3 is 0 Å². The van der Waals surface area contributed by atoms with E-state index in [0.29, 0.717) is 12.2 Å². The Bertz CT molecular complexity index is 1130. The molecule has 2 aromatic carbocycles. The molecule has 0 bridgehead atoms. The minimum atomic E-state index is -0.165. The second kappa shape index (κ2) is 10.1. The minimum Gasteiger partial charge on any atom is -0.492 e. The second-order valence-corrected chi connectivity index (χ2v) is 7.41. The molecule has 0 radical (unpaired) electrons. The van der Waals surface area contributed by atoms with E-state index in [-0.39, 0.29) is 5.91 Å². The third kappa shape index (κ3) is 5.12. The van der Waals surface area contributed by atoms with Crippen LogP contribution in [0.5, 0.6) is 5.75 Å². The number of H-pyrrole nitrogens is 1. The molecule has 0 atom stereocenters. The molecule has 0 aliphatic carbocycles. The van der Waals surface area contributed by atoms with Gasteiger partial charge < -0.3 is 19.9 Å². The lowest BCUT2D eigenvalue weighted by Gasteiger charge is -2.18. The van der Waals surface area contributed by atoms with Gasteiger partial charge in [0.2, 0.25) is 0 Å². The standard InChI is InChI=1S/C25H27N5O2/c1-3-30(4-2)15-16-32-21-11-7-19(8-12-21)25(31)27-20-9-5-18(6-10-20)24-28-22-13-14-26-17-23(22)29-24/h5-14,17H,3-4,15-16H2,1-2H3,(H,27,31)(H,28,29). The predicted octanol–water partition coefficient (Wildman–Crippen LogP) is 4.60. The molecule has 0 spiro atoms. The summed E-state index contributed by atoms with van der Waals surface area (Å²) < 4.78 is 5.78. The molecule has 0 aliphatic heterocycles. The van der Waals surface area contributed by atoms with E-state index in [1.807, 2.05) is 42.5 Å². The fourth-order valence-electron chi connectivity index (χ4n) is 3.44. The minimum absolute atomic E-state index is 0.165. The van der Waals surface area contributed by atoms with E-state index >= 15 is 0 Å². The normalized spacial score (nSPS) is 11.1. The summed E-state index contributed by atoms with van der Waals surface area (Å²) in [7, 11) is 0. The first-order valence-corrected chi connectivity index (χ1v) is 10.8. The van der Waals surface area contributed by atoms with Crippen LogP contribution in [0.3, 0.4) is 0 Å². The molecule has 2 heterocycles. The molecule has 7 nitrogen and oxygen atoms in total. The van der Waals surface area contributed by atoms with Gasteiger partial charge in [-0.2, -0.15) is 0 Å². The third-order valence-corrected chi connectivity index (χ3v) is 5.39. The van der Waals surface area contributed by atoms with Crippen molar-refractivity contribution in [1.82, 2.24) is 19.9 Å². The summed E-state index contributed by atoms with van der Waals surface area (Å²) in [6, 6.07) is 16.7. The lowest BCUT2D eigenvalue weighted by Crippen LogP contribution is -2.27. The largest absolute Gasteiger partial charge is 0.492 e. The van der Waals surface area contributed by atoms with Gasteiger partial charge in [0, 0.05) is 29.6 Å². The monoisotopic (exact) mass is 429 g/mol. The van der Waals surface area contributed by atoms with Crippen LogP contribution >= 0.6 is 0 Å². The summed E-state index contributed by atoms with van der Waals surface area (Å²) in [6.07, 6.45) is 3.47. The number of aromatic nitrogens is 3. The Morgan fingerprint density at radius 1 is 1.03 bits per heavy atom. The first-order chi connectivity index (χ1) is 15.7. The van der Waals surface area contributed by atoms with Crippen LogP contribution in [0.1, 0.15) is 24.2 Å². The number of imidazole rings is 1. The number of nitrogens with one attached hydrogen (secondary N) is 2. The van der Waals surface area contributed by atoms with Gasteiger partial charge in [-0.25, -0.2) is 4.98 Å². The summed E-state index contributed by atoms with van der Waals surface area (Å²) in [5.74, 6) is 1.36. The van der Waals surface area contributed by atoms with Crippen molar-refractivity contribution in [2.75, 3.05) is 31.6 Å². The molecule has 0 aliphatic rings. The topological polar surface area (TPSA) is 83.1 Å². The van der Waals surface area contributed by atoms with Gasteiger partial charge in [0.15, 0.2) is 0 Å². The molecule has 4 rings (SSSR count). The molecule has 7 heteroatoms. The second-order valence-electron chi connectivity index (χ2n) is 7.41. The maximum absolute atomic E-state index is 12.6. The molecule has 0 fully saturated rings. The van der Waals surface area contributed by atoms with Crippen LogP contribution in [0.25, 0.3) is 22.4 Å². The van der Waals surface area contributed by atoms with Crippen molar-refractivity contribution in [1.29, 1.82) is 0 Å². The zero-order chi connectivity index (χ0) is 22.3. The van der Waals surface area contributed by atoms with Gasteiger partial charge in [0.05, 0.1) is 17.2 Å². The highest BCUT2D eigenvalue weighted by atomic mass is 16.5. The third-order valence-electron chi connectivity index (χ3n) is 5.39. The number of hydrogen-bond acceptors (Lipinski definition) is 5. The van der Waals surface area contributed by atoms with E-state index in [0.717, 1.165) is 53.5 Å². The number of pyridine rings is 1. The van der Waals surface area contributed by atoms with Crippen LogP contribution < -0.4 is 10.1 Å². The van der Waals surface area contributed by atoms with Crippen LogP contribution in [-0.2, 0) is 0 Å². The van der Waals surface area contributed by atoms with Crippen molar-refractivity contribution < 1.29 is 9.53 Å². The molecule has 2 N–H and O–H groups in total. The zero-order valence-electron chi connectivity index (χ0n) is 18.3. The average Bonchev–Trinajstić information content (AvgIpc) is 3.27. The number of carbonyl (C=O) groups excluding carboxylic acids is 1. The van der Waals surface area contributed by atoms with Crippen molar-refractivity contribution in [2.45, 2.75) is 13.8 Å². The van der Waals surface area contributed by atoms with E-state index in [2.05, 4.69) is 39.0 Å². The summed E-state index contributed by atoms with van der Waals surface area (Å²) in [6.45, 7) is 7.81. The Balaban J connectivity index is 1.34.